The zero-order valence-corrected chi connectivity index (χ0v) is 13.9. The lowest BCUT2D eigenvalue weighted by atomic mass is 10.1. The standard InChI is InChI=1S/C16H21N3O2S/c1-4-9-17-16-8-6-14(11-18-16)19-22(20,21)15-7-5-12(2)13(3)10-15/h5-8,10-11,19H,4,9H2,1-3H3,(H,17,18). The van der Waals surface area contributed by atoms with Crippen molar-refractivity contribution in [1.29, 1.82) is 0 Å². The van der Waals surface area contributed by atoms with Gasteiger partial charge in [0, 0.05) is 6.54 Å². The van der Waals surface area contributed by atoms with Gasteiger partial charge in [0.05, 0.1) is 16.8 Å². The third-order valence-corrected chi connectivity index (χ3v) is 4.74. The molecule has 6 heteroatoms. The molecule has 0 saturated heterocycles. The Labute approximate surface area is 131 Å². The van der Waals surface area contributed by atoms with Gasteiger partial charge in [0.25, 0.3) is 10.0 Å². The molecule has 0 fully saturated rings. The second kappa shape index (κ2) is 6.79. The molecule has 1 heterocycles. The van der Waals surface area contributed by atoms with Crippen LogP contribution in [0.5, 0.6) is 0 Å². The molecule has 0 aliphatic rings. The van der Waals surface area contributed by atoms with Crippen LogP contribution in [-0.2, 0) is 10.0 Å². The Bertz CT molecular complexity index is 740. The fraction of sp³-hybridized carbons (Fsp3) is 0.312. The molecule has 118 valence electrons. The van der Waals surface area contributed by atoms with E-state index in [4.69, 9.17) is 0 Å². The highest BCUT2D eigenvalue weighted by molar-refractivity contribution is 7.92. The zero-order chi connectivity index (χ0) is 16.2. The first-order valence-corrected chi connectivity index (χ1v) is 8.70. The number of sulfonamides is 1. The second-order valence-corrected chi connectivity index (χ2v) is 6.89. The van der Waals surface area contributed by atoms with Gasteiger partial charge >= 0.3 is 0 Å². The van der Waals surface area contributed by atoms with E-state index in [2.05, 4.69) is 21.9 Å². The van der Waals surface area contributed by atoms with E-state index in [1.54, 1.807) is 30.3 Å². The Morgan fingerprint density at radius 2 is 1.86 bits per heavy atom. The van der Waals surface area contributed by atoms with Crippen LogP contribution in [0.1, 0.15) is 24.5 Å². The number of anilines is 2. The molecule has 5 nitrogen and oxygen atoms in total. The quantitative estimate of drug-likeness (QED) is 0.857. The number of aryl methyl sites for hydroxylation is 2. The van der Waals surface area contributed by atoms with Crippen LogP contribution in [0.3, 0.4) is 0 Å². The number of nitrogens with one attached hydrogen (secondary N) is 2. The van der Waals surface area contributed by atoms with Gasteiger partial charge in [-0.3, -0.25) is 4.72 Å². The van der Waals surface area contributed by atoms with Gasteiger partial charge in [0.2, 0.25) is 0 Å². The average molecular weight is 319 g/mol. The number of aromatic nitrogens is 1. The number of hydrogen-bond acceptors (Lipinski definition) is 4. The van der Waals surface area contributed by atoms with E-state index >= 15 is 0 Å². The third kappa shape index (κ3) is 3.98. The highest BCUT2D eigenvalue weighted by Gasteiger charge is 2.15. The van der Waals surface area contributed by atoms with Crippen molar-refractivity contribution >= 4 is 21.5 Å². The van der Waals surface area contributed by atoms with Crippen LogP contribution in [-0.4, -0.2) is 19.9 Å². The minimum Gasteiger partial charge on any atom is -0.370 e. The summed E-state index contributed by atoms with van der Waals surface area (Å²) in [5.74, 6) is 0.732. The topological polar surface area (TPSA) is 71.1 Å². The monoisotopic (exact) mass is 319 g/mol. The number of rotatable bonds is 6. The van der Waals surface area contributed by atoms with Gasteiger partial charge in [0.1, 0.15) is 5.82 Å². The van der Waals surface area contributed by atoms with Crippen LogP contribution in [0.4, 0.5) is 11.5 Å². The number of hydrogen-bond donors (Lipinski definition) is 2. The van der Waals surface area contributed by atoms with E-state index in [9.17, 15) is 8.42 Å². The summed E-state index contributed by atoms with van der Waals surface area (Å²) >= 11 is 0. The molecule has 0 aliphatic heterocycles. The van der Waals surface area contributed by atoms with E-state index < -0.39 is 10.0 Å². The van der Waals surface area contributed by atoms with Gasteiger partial charge in [-0.25, -0.2) is 13.4 Å². The van der Waals surface area contributed by atoms with Crippen molar-refractivity contribution in [3.8, 4) is 0 Å². The van der Waals surface area contributed by atoms with E-state index in [1.165, 1.54) is 6.20 Å². The maximum Gasteiger partial charge on any atom is 0.261 e. The summed E-state index contributed by atoms with van der Waals surface area (Å²) in [5.41, 5.74) is 2.45. The van der Waals surface area contributed by atoms with E-state index in [0.29, 0.717) is 5.69 Å². The molecule has 2 aromatic rings. The molecule has 0 unspecified atom stereocenters. The van der Waals surface area contributed by atoms with E-state index in [-0.39, 0.29) is 4.90 Å². The molecule has 0 radical (unpaired) electrons. The van der Waals surface area contributed by atoms with Crippen molar-refractivity contribution in [3.05, 3.63) is 47.7 Å². The molecule has 0 aliphatic carbocycles. The van der Waals surface area contributed by atoms with Crippen LogP contribution >= 0.6 is 0 Å². The number of benzene rings is 1. The highest BCUT2D eigenvalue weighted by Crippen LogP contribution is 2.19. The molecule has 2 rings (SSSR count). The van der Waals surface area contributed by atoms with Gasteiger partial charge in [-0.15, -0.1) is 0 Å². The molecule has 1 aromatic heterocycles. The Morgan fingerprint density at radius 3 is 2.45 bits per heavy atom. The number of nitrogens with zero attached hydrogens (tertiary/aromatic N) is 1. The summed E-state index contributed by atoms with van der Waals surface area (Å²) < 4.78 is 27.3. The fourth-order valence-corrected chi connectivity index (χ4v) is 3.04. The lowest BCUT2D eigenvalue weighted by Crippen LogP contribution is -2.13. The van der Waals surface area contributed by atoms with Crippen LogP contribution in [0.15, 0.2) is 41.4 Å². The van der Waals surface area contributed by atoms with Crippen molar-refractivity contribution < 1.29 is 8.42 Å². The second-order valence-electron chi connectivity index (χ2n) is 5.21. The van der Waals surface area contributed by atoms with Gasteiger partial charge in [0.15, 0.2) is 0 Å². The lowest BCUT2D eigenvalue weighted by molar-refractivity contribution is 0.601. The smallest absolute Gasteiger partial charge is 0.261 e. The average Bonchev–Trinajstić information content (AvgIpc) is 2.49. The molecule has 0 saturated carbocycles. The molecule has 0 bridgehead atoms. The zero-order valence-electron chi connectivity index (χ0n) is 13.1. The molecule has 2 N–H and O–H groups in total. The van der Waals surface area contributed by atoms with Gasteiger partial charge in [-0.05, 0) is 55.7 Å². The maximum absolute atomic E-state index is 12.4. The van der Waals surface area contributed by atoms with Crippen molar-refractivity contribution in [2.24, 2.45) is 0 Å². The molecule has 22 heavy (non-hydrogen) atoms. The number of pyridine rings is 1. The SMILES string of the molecule is CCCNc1ccc(NS(=O)(=O)c2ccc(C)c(C)c2)cn1. The summed E-state index contributed by atoms with van der Waals surface area (Å²) in [6, 6.07) is 8.54. The first-order chi connectivity index (χ1) is 10.4. The third-order valence-electron chi connectivity index (χ3n) is 3.36. The summed E-state index contributed by atoms with van der Waals surface area (Å²) in [7, 11) is -3.59. The van der Waals surface area contributed by atoms with Crippen molar-refractivity contribution in [3.63, 3.8) is 0 Å². The summed E-state index contributed by atoms with van der Waals surface area (Å²) in [6.07, 6.45) is 2.51. The summed E-state index contributed by atoms with van der Waals surface area (Å²) in [6.45, 7) is 6.75. The minimum atomic E-state index is -3.59. The van der Waals surface area contributed by atoms with E-state index in [1.807, 2.05) is 13.8 Å². The van der Waals surface area contributed by atoms with Crippen LogP contribution < -0.4 is 10.0 Å². The Morgan fingerprint density at radius 1 is 1.09 bits per heavy atom. The largest absolute Gasteiger partial charge is 0.370 e. The van der Waals surface area contributed by atoms with Crippen molar-refractivity contribution in [1.82, 2.24) is 4.98 Å². The molecule has 0 amide bonds. The van der Waals surface area contributed by atoms with Crippen LogP contribution in [0, 0.1) is 13.8 Å². The lowest BCUT2D eigenvalue weighted by Gasteiger charge is -2.10. The summed E-state index contributed by atoms with van der Waals surface area (Å²) in [5, 5.41) is 3.14. The Hall–Kier alpha value is -2.08. The predicted octanol–water partition coefficient (Wildman–Crippen LogP) is 3.32. The summed E-state index contributed by atoms with van der Waals surface area (Å²) in [4.78, 5) is 4.44. The first kappa shape index (κ1) is 16.3. The molecular formula is C16H21N3O2S. The van der Waals surface area contributed by atoms with Gasteiger partial charge in [-0.2, -0.15) is 0 Å². The van der Waals surface area contributed by atoms with Crippen LogP contribution in [0.2, 0.25) is 0 Å². The van der Waals surface area contributed by atoms with Crippen molar-refractivity contribution in [2.75, 3.05) is 16.6 Å². The normalized spacial score (nSPS) is 11.2. The Kier molecular flexibility index (Phi) is 5.03. The van der Waals surface area contributed by atoms with Crippen LogP contribution in [0.25, 0.3) is 0 Å². The van der Waals surface area contributed by atoms with E-state index in [0.717, 1.165) is 29.9 Å². The molecule has 0 atom stereocenters. The predicted molar refractivity (Wildman–Crippen MR) is 89.7 cm³/mol. The molecule has 0 spiro atoms. The minimum absolute atomic E-state index is 0.254. The maximum atomic E-state index is 12.4. The fourth-order valence-electron chi connectivity index (χ4n) is 1.91. The first-order valence-electron chi connectivity index (χ1n) is 7.22. The van der Waals surface area contributed by atoms with Gasteiger partial charge < -0.3 is 5.32 Å². The highest BCUT2D eigenvalue weighted by atomic mass is 32.2. The Balaban J connectivity index is 2.16. The molecule has 1 aromatic carbocycles. The van der Waals surface area contributed by atoms with Crippen molar-refractivity contribution in [2.45, 2.75) is 32.1 Å². The molecular weight excluding hydrogens is 298 g/mol. The van der Waals surface area contributed by atoms with Gasteiger partial charge in [-0.1, -0.05) is 13.0 Å².